The number of fused-ring (bicyclic) bond motifs is 1. The molecule has 0 radical (unpaired) electrons. The number of carbonyl (C=O) groups excluding carboxylic acids is 1. The maximum atomic E-state index is 12.3. The molecule has 0 saturated heterocycles. The van der Waals surface area contributed by atoms with Crippen LogP contribution in [0, 0.1) is 0 Å². The minimum Gasteiger partial charge on any atom is -0.484 e. The van der Waals surface area contributed by atoms with E-state index in [1.807, 2.05) is 48.5 Å². The number of halogens is 1. The number of nitrogens with zero attached hydrogens (tertiary/aromatic N) is 1. The number of nitrogens with one attached hydrogen (secondary N) is 2. The quantitative estimate of drug-likeness (QED) is 0.447. The van der Waals surface area contributed by atoms with E-state index in [0.717, 1.165) is 23.0 Å². The van der Waals surface area contributed by atoms with E-state index in [-0.39, 0.29) is 12.5 Å². The van der Waals surface area contributed by atoms with Crippen LogP contribution in [0.15, 0.2) is 66.7 Å². The van der Waals surface area contributed by atoms with E-state index < -0.39 is 0 Å². The summed E-state index contributed by atoms with van der Waals surface area (Å²) in [6, 6.07) is 20.8. The van der Waals surface area contributed by atoms with Crippen molar-refractivity contribution in [1.29, 1.82) is 0 Å². The van der Waals surface area contributed by atoms with Crippen molar-refractivity contribution in [2.75, 3.05) is 11.9 Å². The third-order valence-corrected chi connectivity index (χ3v) is 4.93. The van der Waals surface area contributed by atoms with Gasteiger partial charge in [0.2, 0.25) is 0 Å². The molecule has 4 aromatic rings. The van der Waals surface area contributed by atoms with Gasteiger partial charge in [-0.3, -0.25) is 4.79 Å². The van der Waals surface area contributed by atoms with E-state index in [2.05, 4.69) is 22.2 Å². The average molecular weight is 406 g/mol. The number of aryl methyl sites for hydroxylation is 1. The van der Waals surface area contributed by atoms with Crippen molar-refractivity contribution in [2.24, 2.45) is 0 Å². The van der Waals surface area contributed by atoms with Crippen molar-refractivity contribution >= 4 is 34.2 Å². The number of aromatic nitrogens is 2. The van der Waals surface area contributed by atoms with Crippen LogP contribution in [0.4, 0.5) is 5.69 Å². The molecule has 0 atom stereocenters. The molecule has 1 amide bonds. The maximum absolute atomic E-state index is 12.3. The summed E-state index contributed by atoms with van der Waals surface area (Å²) in [6.07, 6.45) is 0.963. The lowest BCUT2D eigenvalue weighted by Gasteiger charge is -2.09. The topological polar surface area (TPSA) is 67.0 Å². The lowest BCUT2D eigenvalue weighted by Crippen LogP contribution is -2.20. The molecule has 2 N–H and O–H groups in total. The molecule has 4 rings (SSSR count). The highest BCUT2D eigenvalue weighted by molar-refractivity contribution is 6.33. The minimum absolute atomic E-state index is 0.0753. The summed E-state index contributed by atoms with van der Waals surface area (Å²) in [5, 5.41) is 3.39. The third-order valence-electron chi connectivity index (χ3n) is 4.60. The first-order chi connectivity index (χ1) is 14.1. The molecule has 146 valence electrons. The summed E-state index contributed by atoms with van der Waals surface area (Å²) in [4.78, 5) is 20.1. The zero-order chi connectivity index (χ0) is 20.2. The summed E-state index contributed by atoms with van der Waals surface area (Å²) in [5.74, 6) is 1.07. The number of amides is 1. The molecule has 0 unspecified atom stereocenters. The molecular weight excluding hydrogens is 386 g/mol. The first kappa shape index (κ1) is 19.0. The fourth-order valence-electron chi connectivity index (χ4n) is 3.03. The van der Waals surface area contributed by atoms with Crippen molar-refractivity contribution in [3.8, 4) is 17.1 Å². The second-order valence-electron chi connectivity index (χ2n) is 6.63. The molecule has 3 aromatic carbocycles. The maximum Gasteiger partial charge on any atom is 0.262 e. The summed E-state index contributed by atoms with van der Waals surface area (Å²) in [7, 11) is 0. The molecule has 0 aliphatic rings. The van der Waals surface area contributed by atoms with E-state index in [4.69, 9.17) is 16.3 Å². The largest absolute Gasteiger partial charge is 0.484 e. The van der Waals surface area contributed by atoms with E-state index >= 15 is 0 Å². The van der Waals surface area contributed by atoms with E-state index in [0.29, 0.717) is 22.3 Å². The molecule has 0 aliphatic carbocycles. The predicted molar refractivity (Wildman–Crippen MR) is 116 cm³/mol. The van der Waals surface area contributed by atoms with E-state index in [1.165, 1.54) is 5.56 Å². The molecule has 0 aliphatic heterocycles. The van der Waals surface area contributed by atoms with Crippen LogP contribution in [0.2, 0.25) is 5.02 Å². The number of para-hydroxylation sites is 2. The second kappa shape index (κ2) is 8.37. The molecule has 1 heterocycles. The van der Waals surface area contributed by atoms with Gasteiger partial charge in [-0.1, -0.05) is 42.8 Å². The van der Waals surface area contributed by atoms with E-state index in [1.54, 1.807) is 18.2 Å². The van der Waals surface area contributed by atoms with Gasteiger partial charge >= 0.3 is 0 Å². The van der Waals surface area contributed by atoms with Crippen molar-refractivity contribution in [2.45, 2.75) is 13.3 Å². The van der Waals surface area contributed by atoms with Gasteiger partial charge in [0, 0.05) is 11.3 Å². The van der Waals surface area contributed by atoms with Gasteiger partial charge in [-0.05, 0) is 54.4 Å². The Kier molecular flexibility index (Phi) is 5.49. The van der Waals surface area contributed by atoms with Gasteiger partial charge in [0.05, 0.1) is 16.1 Å². The Morgan fingerprint density at radius 3 is 2.66 bits per heavy atom. The van der Waals surface area contributed by atoms with Crippen molar-refractivity contribution in [3.63, 3.8) is 0 Å². The average Bonchev–Trinajstić information content (AvgIpc) is 3.18. The van der Waals surface area contributed by atoms with Crippen LogP contribution in [0.1, 0.15) is 12.5 Å². The number of hydrogen-bond donors (Lipinski definition) is 2. The zero-order valence-corrected chi connectivity index (χ0v) is 16.7. The number of benzene rings is 3. The van der Waals surface area contributed by atoms with Crippen LogP contribution in [0.3, 0.4) is 0 Å². The predicted octanol–water partition coefficient (Wildman–Crippen LogP) is 5.46. The van der Waals surface area contributed by atoms with Gasteiger partial charge < -0.3 is 15.0 Å². The molecule has 0 bridgehead atoms. The van der Waals surface area contributed by atoms with Crippen LogP contribution in [0.25, 0.3) is 22.4 Å². The number of imidazole rings is 1. The Bertz CT molecular complexity index is 1120. The molecule has 0 saturated carbocycles. The highest BCUT2D eigenvalue weighted by Crippen LogP contribution is 2.30. The smallest absolute Gasteiger partial charge is 0.262 e. The molecule has 5 nitrogen and oxygen atoms in total. The lowest BCUT2D eigenvalue weighted by atomic mass is 10.2. The molecule has 0 spiro atoms. The monoisotopic (exact) mass is 405 g/mol. The highest BCUT2D eigenvalue weighted by atomic mass is 35.5. The fraction of sp³-hybridized carbons (Fsp3) is 0.130. The first-order valence-corrected chi connectivity index (χ1v) is 9.76. The van der Waals surface area contributed by atoms with Gasteiger partial charge in [0.25, 0.3) is 5.91 Å². The number of H-pyrrole nitrogens is 1. The van der Waals surface area contributed by atoms with Gasteiger partial charge in [-0.15, -0.1) is 0 Å². The van der Waals surface area contributed by atoms with Crippen LogP contribution in [-0.2, 0) is 11.2 Å². The van der Waals surface area contributed by atoms with Crippen molar-refractivity contribution in [3.05, 3.63) is 77.3 Å². The number of carbonyl (C=O) groups is 1. The Labute approximate surface area is 173 Å². The number of rotatable bonds is 6. The van der Waals surface area contributed by atoms with Gasteiger partial charge in [-0.25, -0.2) is 4.98 Å². The zero-order valence-electron chi connectivity index (χ0n) is 15.9. The van der Waals surface area contributed by atoms with Gasteiger partial charge in [0.1, 0.15) is 11.6 Å². The summed E-state index contributed by atoms with van der Waals surface area (Å²) < 4.78 is 5.56. The number of anilines is 1. The van der Waals surface area contributed by atoms with Crippen LogP contribution in [0.5, 0.6) is 5.75 Å². The van der Waals surface area contributed by atoms with E-state index in [9.17, 15) is 4.79 Å². The Balaban J connectivity index is 1.46. The number of aromatic amines is 1. The number of ether oxygens (including phenoxy) is 1. The Morgan fingerprint density at radius 2 is 1.90 bits per heavy atom. The first-order valence-electron chi connectivity index (χ1n) is 9.38. The molecule has 6 heteroatoms. The van der Waals surface area contributed by atoms with Crippen molar-refractivity contribution < 1.29 is 9.53 Å². The minimum atomic E-state index is -0.248. The summed E-state index contributed by atoms with van der Waals surface area (Å²) >= 11 is 6.36. The molecule has 0 fully saturated rings. The van der Waals surface area contributed by atoms with Gasteiger partial charge in [-0.2, -0.15) is 0 Å². The summed E-state index contributed by atoms with van der Waals surface area (Å²) in [6.45, 7) is 2.02. The Hall–Kier alpha value is -3.31. The molecular formula is C23H20ClN3O2. The highest BCUT2D eigenvalue weighted by Gasteiger charge is 2.11. The van der Waals surface area contributed by atoms with Gasteiger partial charge in [0.15, 0.2) is 6.61 Å². The van der Waals surface area contributed by atoms with Crippen LogP contribution in [-0.4, -0.2) is 22.5 Å². The SMILES string of the molecule is CCc1ccc(OCC(=O)Nc2ccc(Cl)c(-c3nc4ccccc4[nH]3)c2)cc1. The normalized spacial score (nSPS) is 10.8. The second-order valence-corrected chi connectivity index (χ2v) is 7.04. The summed E-state index contributed by atoms with van der Waals surface area (Å²) in [5.41, 5.74) is 4.35. The molecule has 29 heavy (non-hydrogen) atoms. The number of hydrogen-bond acceptors (Lipinski definition) is 3. The third kappa shape index (κ3) is 4.41. The molecule has 1 aromatic heterocycles. The van der Waals surface area contributed by atoms with Crippen molar-refractivity contribution in [1.82, 2.24) is 9.97 Å². The lowest BCUT2D eigenvalue weighted by molar-refractivity contribution is -0.118. The van der Waals surface area contributed by atoms with Crippen LogP contribution >= 0.6 is 11.6 Å². The fourth-order valence-corrected chi connectivity index (χ4v) is 3.24. The Morgan fingerprint density at radius 1 is 1.10 bits per heavy atom. The standard InChI is InChI=1S/C23H20ClN3O2/c1-2-15-7-10-17(11-8-15)29-14-22(28)25-16-9-12-19(24)18(13-16)23-26-20-5-3-4-6-21(20)27-23/h3-13H,2,14H2,1H3,(H,25,28)(H,26,27). The van der Waals surface area contributed by atoms with Crippen LogP contribution < -0.4 is 10.1 Å².